The minimum absolute atomic E-state index is 0.0237. The van der Waals surface area contributed by atoms with E-state index in [0.717, 1.165) is 96.5 Å². The molecule has 5 aromatic carbocycles. The highest BCUT2D eigenvalue weighted by Gasteiger charge is 2.40. The molecule has 18 nitrogen and oxygen atoms in total. The number of hydrogen-bond donors (Lipinski definition) is 6. The highest BCUT2D eigenvalue weighted by atomic mass is 79.9. The van der Waals surface area contributed by atoms with Crippen LogP contribution in [-0.2, 0) is 79.8 Å². The molecular formula is C89H136BBr2N5O13Si3. The number of aryl methyl sites for hydroxylation is 4. The van der Waals surface area contributed by atoms with E-state index in [1.807, 2.05) is 149 Å². The first-order chi connectivity index (χ1) is 52.0. The second-order valence-corrected chi connectivity index (χ2v) is 52.0. The van der Waals surface area contributed by atoms with Gasteiger partial charge in [-0.25, -0.2) is 9.97 Å². The summed E-state index contributed by atoms with van der Waals surface area (Å²) in [4.78, 5) is 45.4. The SMILES string of the molecule is CC(C)(C)C(=O)Nc1cccc(Br)c1.CCc1cc(-c2cccc(NC(=O)C(C)(C)C)n2)c(OC)cc1CO.CCc1cc(-c2cccc(NC(=O)C(C)(C)C)n2)c(OC)cc1CO[Si](C)(C)C(C)(C)C.CCc1cc(B(O)O)c(OC)cc1CO[Si](C)(C)C(C)(C)C.CCc1cc(Br)c(OC)cc1CO[Si](C)(C)C(C)(C)C. The summed E-state index contributed by atoms with van der Waals surface area (Å²) in [5.41, 5.74) is 12.0. The first-order valence-corrected chi connectivity index (χ1v) is 49.3. The van der Waals surface area contributed by atoms with Gasteiger partial charge in [0.15, 0.2) is 25.0 Å². The summed E-state index contributed by atoms with van der Waals surface area (Å²) in [5, 5.41) is 37.6. The van der Waals surface area contributed by atoms with E-state index in [1.165, 1.54) is 23.8 Å². The largest absolute Gasteiger partial charge is 0.497 e. The molecule has 0 spiro atoms. The molecule has 113 heavy (non-hydrogen) atoms. The quantitative estimate of drug-likeness (QED) is 0.0309. The molecule has 0 saturated carbocycles. The molecule has 3 amide bonds. The molecule has 2 heterocycles. The van der Waals surface area contributed by atoms with E-state index >= 15 is 0 Å². The molecule has 2 aromatic heterocycles. The number of aliphatic hydroxyl groups excluding tert-OH is 1. The van der Waals surface area contributed by atoms with E-state index in [1.54, 1.807) is 33.5 Å². The average Bonchev–Trinajstić information content (AvgIpc) is 0.789. The van der Waals surface area contributed by atoms with E-state index in [9.17, 15) is 29.5 Å². The summed E-state index contributed by atoms with van der Waals surface area (Å²) in [6.07, 6.45) is 3.49. The minimum atomic E-state index is -1.86. The zero-order chi connectivity index (χ0) is 86.4. The van der Waals surface area contributed by atoms with Gasteiger partial charge in [-0.15, -0.1) is 0 Å². The van der Waals surface area contributed by atoms with Gasteiger partial charge in [0, 0.05) is 43.0 Å². The Morgan fingerprint density at radius 2 is 0.726 bits per heavy atom. The van der Waals surface area contributed by atoms with Crippen molar-refractivity contribution in [3.63, 3.8) is 0 Å². The molecule has 0 bridgehead atoms. The van der Waals surface area contributed by atoms with Crippen LogP contribution in [0.1, 0.15) is 197 Å². The van der Waals surface area contributed by atoms with Crippen molar-refractivity contribution in [1.29, 1.82) is 0 Å². The zero-order valence-corrected chi connectivity index (χ0v) is 80.4. The number of benzene rings is 5. The molecule has 7 rings (SSSR count). The van der Waals surface area contributed by atoms with Crippen LogP contribution in [0.2, 0.25) is 54.4 Å². The smallest absolute Gasteiger partial charge is 0.492 e. The van der Waals surface area contributed by atoms with E-state index in [0.29, 0.717) is 54.1 Å². The topological polar surface area (TPSA) is 238 Å². The molecule has 0 unspecified atom stereocenters. The van der Waals surface area contributed by atoms with Gasteiger partial charge in [0.2, 0.25) is 17.7 Å². The molecule has 0 saturated heterocycles. The van der Waals surface area contributed by atoms with Crippen molar-refractivity contribution in [2.45, 2.75) is 259 Å². The van der Waals surface area contributed by atoms with Gasteiger partial charge in [0.1, 0.15) is 34.6 Å². The van der Waals surface area contributed by atoms with Crippen molar-refractivity contribution in [3.8, 4) is 45.5 Å². The molecule has 624 valence electrons. The number of methoxy groups -OCH3 is 4. The van der Waals surface area contributed by atoms with E-state index in [2.05, 4.69) is 193 Å². The number of anilines is 3. The van der Waals surface area contributed by atoms with Gasteiger partial charge in [0.25, 0.3) is 0 Å². The first-order valence-electron chi connectivity index (χ1n) is 39.0. The number of aliphatic hydroxyl groups is 1. The fourth-order valence-corrected chi connectivity index (χ4v) is 13.8. The number of halogens is 2. The van der Waals surface area contributed by atoms with Crippen LogP contribution in [0.15, 0.2) is 118 Å². The average molecular weight is 1740 g/mol. The Balaban J connectivity index is 0.000000374. The maximum Gasteiger partial charge on any atom is 0.492 e. The third kappa shape index (κ3) is 30.5. The molecule has 0 atom stereocenters. The fourth-order valence-electron chi connectivity index (χ4n) is 10.0. The summed E-state index contributed by atoms with van der Waals surface area (Å²) < 4.78 is 43.0. The zero-order valence-electron chi connectivity index (χ0n) is 74.2. The predicted molar refractivity (Wildman–Crippen MR) is 484 cm³/mol. The third-order valence-corrected chi connectivity index (χ3v) is 35.4. The lowest BCUT2D eigenvalue weighted by molar-refractivity contribution is -0.123. The van der Waals surface area contributed by atoms with E-state index in [4.69, 9.17) is 37.2 Å². The standard InChI is InChI=1S/C26H40N2O3Si.C20H26N2O3.C16H29BO4Si.C16H27BrO2Si.C11H14BrNO/c1-11-18-15-20(21-13-12-14-23(27-21)28-24(29)25(2,3)4)22(30-8)16-19(18)17-31-32(9,10)26(5,6)7;1-6-13-10-15(17(25-5)11-14(13)12-23)16-8-7-9-18(21-16)22-19(24)20(2,3)4;1-8-12-9-14(17(18)19)15(20-5)10-13(12)11-21-22(6,7)16(2,3)4;1-8-12-9-14(17)15(18-5)10-13(12)11-19-20(6,7)16(2,3)4;1-11(2,3)10(14)13-9-6-4-5-8(12)7-9/h12-16H,11,17H2,1-10H3,(H,27,28,29);7-11,23H,6,12H2,1-5H3,(H,21,22,24);9-10,18-19H,8,11H2,1-7H3;9-10H,8,11H2,1-7H3;4-7H,1-3H3,(H,13,14). The van der Waals surface area contributed by atoms with Crippen LogP contribution in [0.3, 0.4) is 0 Å². The third-order valence-electron chi connectivity index (χ3n) is 20.9. The normalized spacial score (nSPS) is 12.1. The van der Waals surface area contributed by atoms with Gasteiger partial charge in [-0.05, 0) is 225 Å². The molecule has 0 radical (unpaired) electrons. The Kier molecular flexibility index (Phi) is 38.3. The van der Waals surface area contributed by atoms with E-state index < -0.39 is 42.9 Å². The number of carbonyl (C=O) groups excluding carboxylic acids is 3. The van der Waals surface area contributed by atoms with Crippen molar-refractivity contribution in [3.05, 3.63) is 163 Å². The van der Waals surface area contributed by atoms with Crippen molar-refractivity contribution >= 4 is 104 Å². The molecule has 0 fully saturated rings. The number of ether oxygens (including phenoxy) is 4. The Hall–Kier alpha value is -6.55. The maximum atomic E-state index is 12.4. The number of hydrogen-bond acceptors (Lipinski definition) is 15. The molecule has 24 heteroatoms. The number of nitrogens with zero attached hydrogens (tertiary/aromatic N) is 2. The van der Waals surface area contributed by atoms with Crippen LogP contribution in [0, 0.1) is 16.2 Å². The van der Waals surface area contributed by atoms with Crippen molar-refractivity contribution in [2.75, 3.05) is 44.4 Å². The summed E-state index contributed by atoms with van der Waals surface area (Å²) in [5.74, 6) is 3.66. The second-order valence-electron chi connectivity index (χ2n) is 35.8. The fraction of sp³-hybridized carbons (Fsp3) is 0.517. The number of nitrogens with one attached hydrogen (secondary N) is 3. The van der Waals surface area contributed by atoms with E-state index in [-0.39, 0.29) is 44.9 Å². The van der Waals surface area contributed by atoms with Crippen molar-refractivity contribution in [1.82, 2.24) is 9.97 Å². The minimum Gasteiger partial charge on any atom is -0.497 e. The van der Waals surface area contributed by atoms with Crippen LogP contribution in [0.25, 0.3) is 22.5 Å². The lowest BCUT2D eigenvalue weighted by atomic mass is 9.77. The van der Waals surface area contributed by atoms with Crippen molar-refractivity contribution in [2.24, 2.45) is 16.2 Å². The van der Waals surface area contributed by atoms with Crippen LogP contribution in [0.5, 0.6) is 23.0 Å². The molecule has 0 aliphatic rings. The Bertz CT molecular complexity index is 4270. The number of pyridine rings is 2. The second kappa shape index (κ2) is 43.1. The summed E-state index contributed by atoms with van der Waals surface area (Å²) >= 11 is 6.90. The van der Waals surface area contributed by atoms with Gasteiger partial charge in [-0.3, -0.25) is 14.4 Å². The number of amides is 3. The molecule has 6 N–H and O–H groups in total. The van der Waals surface area contributed by atoms with Crippen LogP contribution in [-0.4, -0.2) is 103 Å². The number of rotatable bonds is 24. The van der Waals surface area contributed by atoms with Gasteiger partial charge < -0.3 is 63.3 Å². The summed E-state index contributed by atoms with van der Waals surface area (Å²) in [6, 6.07) is 34.7. The Labute approximate surface area is 699 Å². The Morgan fingerprint density at radius 1 is 0.407 bits per heavy atom. The highest BCUT2D eigenvalue weighted by Crippen LogP contribution is 2.42. The van der Waals surface area contributed by atoms with Gasteiger partial charge in [0.05, 0.1) is 70.7 Å². The van der Waals surface area contributed by atoms with Crippen LogP contribution < -0.4 is 40.4 Å². The monoisotopic (exact) mass is 1740 g/mol. The molecule has 0 aliphatic heterocycles. The molecule has 0 aliphatic carbocycles. The summed E-state index contributed by atoms with van der Waals surface area (Å²) in [7, 11) is -0.435. The predicted octanol–water partition coefficient (Wildman–Crippen LogP) is 22.1. The number of aromatic nitrogens is 2. The van der Waals surface area contributed by atoms with Gasteiger partial charge in [-0.1, -0.05) is 193 Å². The van der Waals surface area contributed by atoms with Crippen LogP contribution in [0.4, 0.5) is 17.3 Å². The first kappa shape index (κ1) is 101. The highest BCUT2D eigenvalue weighted by molar-refractivity contribution is 9.10. The lowest BCUT2D eigenvalue weighted by Gasteiger charge is -2.36. The summed E-state index contributed by atoms with van der Waals surface area (Å²) in [6.45, 7) is 60.8. The lowest BCUT2D eigenvalue weighted by Crippen LogP contribution is -2.40. The molecule has 7 aromatic rings. The maximum absolute atomic E-state index is 12.4. The van der Waals surface area contributed by atoms with Crippen molar-refractivity contribution < 1.29 is 61.8 Å². The molecular weight excluding hydrogens is 1600 g/mol. The van der Waals surface area contributed by atoms with Crippen LogP contribution >= 0.6 is 31.9 Å². The Morgan fingerprint density at radius 3 is 1.05 bits per heavy atom. The van der Waals surface area contributed by atoms with Gasteiger partial charge >= 0.3 is 7.12 Å². The van der Waals surface area contributed by atoms with Gasteiger partial charge in [-0.2, -0.15) is 0 Å². The number of carbonyl (C=O) groups is 3.